The number of fused-ring (bicyclic) bond motifs is 1. The summed E-state index contributed by atoms with van der Waals surface area (Å²) in [4.78, 5) is 27.0. The number of carboxylic acids is 1. The maximum absolute atomic E-state index is 11.1. The largest absolute Gasteiger partial charge is 0.478 e. The third kappa shape index (κ3) is 2.28. The molecule has 1 aromatic carbocycles. The van der Waals surface area contributed by atoms with Gasteiger partial charge in [-0.2, -0.15) is 0 Å². The number of imidazole rings is 1. The van der Waals surface area contributed by atoms with E-state index in [1.165, 1.54) is 6.08 Å². The summed E-state index contributed by atoms with van der Waals surface area (Å²) in [5, 5.41) is 8.75. The first kappa shape index (κ1) is 11.2. The highest BCUT2D eigenvalue weighted by Crippen LogP contribution is 2.20. The topological polar surface area (TPSA) is 85.9 Å². The molecule has 0 unspecified atom stereocenters. The minimum Gasteiger partial charge on any atom is -0.478 e. The lowest BCUT2D eigenvalue weighted by Crippen LogP contribution is -1.99. The van der Waals surface area contributed by atoms with Crippen LogP contribution in [0, 0.1) is 0 Å². The molecule has 0 bridgehead atoms. The van der Waals surface area contributed by atoms with Crippen molar-refractivity contribution in [2.24, 2.45) is 0 Å². The van der Waals surface area contributed by atoms with E-state index in [0.29, 0.717) is 17.5 Å². The lowest BCUT2D eigenvalue weighted by molar-refractivity contribution is -0.131. The predicted octanol–water partition coefficient (Wildman–Crippen LogP) is 1.73. The van der Waals surface area contributed by atoms with Crippen LogP contribution in [0.25, 0.3) is 16.6 Å². The van der Waals surface area contributed by atoms with Crippen molar-refractivity contribution >= 4 is 22.6 Å². The van der Waals surface area contributed by atoms with Crippen molar-refractivity contribution in [2.75, 3.05) is 0 Å². The Morgan fingerprint density at radius 2 is 2.06 bits per heavy atom. The second-order valence-electron chi connectivity index (χ2n) is 3.70. The lowest BCUT2D eigenvalue weighted by atomic mass is 10.0. The summed E-state index contributed by atoms with van der Waals surface area (Å²) in [6, 6.07) is 5.32. The van der Waals surface area contributed by atoms with Gasteiger partial charge in [0, 0.05) is 6.08 Å². The molecule has 0 radical (unpaired) electrons. The SMILES string of the molecule is CC/C(=C\C(=O)O)c1ccc2[nH]c(=O)[nH]c2c1. The van der Waals surface area contributed by atoms with E-state index in [-0.39, 0.29) is 5.69 Å². The van der Waals surface area contributed by atoms with Gasteiger partial charge in [-0.25, -0.2) is 9.59 Å². The Kier molecular flexibility index (Phi) is 2.82. The van der Waals surface area contributed by atoms with E-state index in [0.717, 1.165) is 11.1 Å². The van der Waals surface area contributed by atoms with Gasteiger partial charge >= 0.3 is 11.7 Å². The van der Waals surface area contributed by atoms with Crippen LogP contribution in [0.5, 0.6) is 0 Å². The highest BCUT2D eigenvalue weighted by Gasteiger charge is 2.05. The normalized spacial score (nSPS) is 11.9. The molecular formula is C12H12N2O3. The first-order valence-corrected chi connectivity index (χ1v) is 5.26. The van der Waals surface area contributed by atoms with Crippen LogP contribution >= 0.6 is 0 Å². The van der Waals surface area contributed by atoms with Crippen LogP contribution in [0.1, 0.15) is 18.9 Å². The summed E-state index contributed by atoms with van der Waals surface area (Å²) >= 11 is 0. The van der Waals surface area contributed by atoms with Crippen molar-refractivity contribution in [2.45, 2.75) is 13.3 Å². The number of hydrogen-bond acceptors (Lipinski definition) is 2. The average Bonchev–Trinajstić information content (AvgIpc) is 2.64. The maximum Gasteiger partial charge on any atom is 0.328 e. The fourth-order valence-electron chi connectivity index (χ4n) is 1.77. The molecule has 0 spiro atoms. The standard InChI is InChI=1S/C12H12N2O3/c1-2-7(6-11(15)16)8-3-4-9-10(5-8)14-12(17)13-9/h3-6H,2H2,1H3,(H,15,16)(H2,13,14,17)/b7-6+. The number of aromatic amines is 2. The van der Waals surface area contributed by atoms with Crippen molar-refractivity contribution in [3.05, 3.63) is 40.3 Å². The molecule has 2 aromatic rings. The second kappa shape index (κ2) is 4.29. The number of benzene rings is 1. The minimum absolute atomic E-state index is 0.266. The molecule has 0 saturated heterocycles. The summed E-state index contributed by atoms with van der Waals surface area (Å²) in [6.07, 6.45) is 1.80. The van der Waals surface area contributed by atoms with E-state index in [9.17, 15) is 9.59 Å². The molecule has 5 nitrogen and oxygen atoms in total. The molecule has 3 N–H and O–H groups in total. The number of nitrogens with one attached hydrogen (secondary N) is 2. The van der Waals surface area contributed by atoms with Crippen molar-refractivity contribution in [3.8, 4) is 0 Å². The van der Waals surface area contributed by atoms with Crippen LogP contribution in [-0.4, -0.2) is 21.0 Å². The van der Waals surface area contributed by atoms with Gasteiger partial charge < -0.3 is 15.1 Å². The first-order chi connectivity index (χ1) is 8.10. The fourth-order valence-corrected chi connectivity index (χ4v) is 1.77. The Hall–Kier alpha value is -2.30. The van der Waals surface area contributed by atoms with Gasteiger partial charge in [-0.3, -0.25) is 0 Å². The molecule has 0 saturated carbocycles. The van der Waals surface area contributed by atoms with E-state index in [1.54, 1.807) is 18.2 Å². The summed E-state index contributed by atoms with van der Waals surface area (Å²) in [6.45, 7) is 1.89. The van der Waals surface area contributed by atoms with Crippen LogP contribution < -0.4 is 5.69 Å². The average molecular weight is 232 g/mol. The number of rotatable bonds is 3. The minimum atomic E-state index is -0.968. The summed E-state index contributed by atoms with van der Waals surface area (Å²) in [5.74, 6) is -0.968. The molecule has 17 heavy (non-hydrogen) atoms. The highest BCUT2D eigenvalue weighted by molar-refractivity contribution is 5.91. The van der Waals surface area contributed by atoms with E-state index in [1.807, 2.05) is 6.92 Å². The molecule has 1 aromatic heterocycles. The van der Waals surface area contributed by atoms with Crippen molar-refractivity contribution in [3.63, 3.8) is 0 Å². The third-order valence-electron chi connectivity index (χ3n) is 2.57. The summed E-state index contributed by atoms with van der Waals surface area (Å²) < 4.78 is 0. The third-order valence-corrected chi connectivity index (χ3v) is 2.57. The van der Waals surface area contributed by atoms with E-state index >= 15 is 0 Å². The zero-order valence-electron chi connectivity index (χ0n) is 9.28. The van der Waals surface area contributed by atoms with Gasteiger partial charge in [0.05, 0.1) is 11.0 Å². The van der Waals surface area contributed by atoms with Gasteiger partial charge in [0.1, 0.15) is 0 Å². The quantitative estimate of drug-likeness (QED) is 0.704. The maximum atomic E-state index is 11.1. The molecule has 0 fully saturated rings. The van der Waals surface area contributed by atoms with Crippen LogP contribution in [0.3, 0.4) is 0 Å². The number of carboxylic acid groups (broad SMARTS) is 1. The smallest absolute Gasteiger partial charge is 0.328 e. The summed E-state index contributed by atoms with van der Waals surface area (Å²) in [7, 11) is 0. The van der Waals surface area contributed by atoms with Crippen molar-refractivity contribution in [1.82, 2.24) is 9.97 Å². The Morgan fingerprint density at radius 3 is 2.71 bits per heavy atom. The molecule has 0 atom stereocenters. The molecule has 5 heteroatoms. The molecule has 0 aliphatic heterocycles. The summed E-state index contributed by atoms with van der Waals surface area (Å²) in [5.41, 5.74) is 2.65. The number of carbonyl (C=O) groups is 1. The fraction of sp³-hybridized carbons (Fsp3) is 0.167. The molecule has 0 aliphatic rings. The monoisotopic (exact) mass is 232 g/mol. The number of aromatic nitrogens is 2. The van der Waals surface area contributed by atoms with E-state index in [4.69, 9.17) is 5.11 Å². The predicted molar refractivity (Wildman–Crippen MR) is 64.8 cm³/mol. The van der Waals surface area contributed by atoms with Crippen molar-refractivity contribution in [1.29, 1.82) is 0 Å². The van der Waals surface area contributed by atoms with E-state index in [2.05, 4.69) is 9.97 Å². The van der Waals surface area contributed by atoms with Crippen LogP contribution in [0.15, 0.2) is 29.1 Å². The zero-order valence-corrected chi connectivity index (χ0v) is 9.28. The van der Waals surface area contributed by atoms with Gasteiger partial charge in [0.25, 0.3) is 0 Å². The number of allylic oxidation sites excluding steroid dienone is 1. The Morgan fingerprint density at radius 1 is 1.35 bits per heavy atom. The van der Waals surface area contributed by atoms with Gasteiger partial charge in [-0.1, -0.05) is 13.0 Å². The van der Waals surface area contributed by atoms with Crippen LogP contribution in [-0.2, 0) is 4.79 Å². The molecule has 1 heterocycles. The number of aliphatic carboxylic acids is 1. The van der Waals surface area contributed by atoms with Crippen LogP contribution in [0.2, 0.25) is 0 Å². The van der Waals surface area contributed by atoms with Gasteiger partial charge in [0.15, 0.2) is 0 Å². The Balaban J connectivity index is 2.54. The highest BCUT2D eigenvalue weighted by atomic mass is 16.4. The molecular weight excluding hydrogens is 220 g/mol. The number of hydrogen-bond donors (Lipinski definition) is 3. The number of H-pyrrole nitrogens is 2. The van der Waals surface area contributed by atoms with Crippen molar-refractivity contribution < 1.29 is 9.90 Å². The van der Waals surface area contributed by atoms with Gasteiger partial charge in [0.2, 0.25) is 0 Å². The molecule has 0 amide bonds. The zero-order chi connectivity index (χ0) is 12.4. The van der Waals surface area contributed by atoms with E-state index < -0.39 is 5.97 Å². The Bertz CT molecular complexity index is 649. The first-order valence-electron chi connectivity index (χ1n) is 5.26. The lowest BCUT2D eigenvalue weighted by Gasteiger charge is -2.03. The molecule has 2 rings (SSSR count). The molecule has 88 valence electrons. The Labute approximate surface area is 96.8 Å². The van der Waals surface area contributed by atoms with Gasteiger partial charge in [-0.15, -0.1) is 0 Å². The van der Waals surface area contributed by atoms with Crippen LogP contribution in [0.4, 0.5) is 0 Å². The molecule has 0 aliphatic carbocycles. The second-order valence-corrected chi connectivity index (χ2v) is 3.70. The van der Waals surface area contributed by atoms with Gasteiger partial charge in [-0.05, 0) is 29.7 Å².